The second-order valence-corrected chi connectivity index (χ2v) is 5.95. The minimum absolute atomic E-state index is 0.106. The third kappa shape index (κ3) is 2.95. The van der Waals surface area contributed by atoms with E-state index in [9.17, 15) is 0 Å². The van der Waals surface area contributed by atoms with Gasteiger partial charge in [-0.25, -0.2) is 0 Å². The summed E-state index contributed by atoms with van der Waals surface area (Å²) >= 11 is 6.19. The number of rotatable bonds is 4. The molecule has 23 heavy (non-hydrogen) atoms. The highest BCUT2D eigenvalue weighted by molar-refractivity contribution is 6.32. The van der Waals surface area contributed by atoms with Crippen molar-refractivity contribution in [3.8, 4) is 17.2 Å². The lowest BCUT2D eigenvalue weighted by Gasteiger charge is -2.13. The molecule has 1 aromatic heterocycles. The van der Waals surface area contributed by atoms with Crippen molar-refractivity contribution >= 4 is 11.6 Å². The molecule has 1 fully saturated rings. The maximum atomic E-state index is 6.19. The van der Waals surface area contributed by atoms with E-state index in [4.69, 9.17) is 36.3 Å². The van der Waals surface area contributed by atoms with Gasteiger partial charge in [-0.05, 0) is 17.7 Å². The van der Waals surface area contributed by atoms with Crippen molar-refractivity contribution in [2.45, 2.75) is 18.7 Å². The summed E-state index contributed by atoms with van der Waals surface area (Å²) in [6.45, 7) is 1.77. The number of nitrogens with two attached hydrogens (primary N) is 1. The van der Waals surface area contributed by atoms with E-state index in [1.54, 1.807) is 10.9 Å². The molecule has 3 heterocycles. The van der Waals surface area contributed by atoms with Gasteiger partial charge < -0.3 is 24.7 Å². The van der Waals surface area contributed by atoms with Crippen LogP contribution >= 0.6 is 11.6 Å². The molecule has 122 valence electrons. The minimum Gasteiger partial charge on any atom is -0.483 e. The molecular formula is C15H16ClN3O4. The average molecular weight is 338 g/mol. The summed E-state index contributed by atoms with van der Waals surface area (Å²) in [4.78, 5) is 0. The first-order chi connectivity index (χ1) is 11.2. The van der Waals surface area contributed by atoms with E-state index in [-0.39, 0.29) is 18.9 Å². The van der Waals surface area contributed by atoms with Crippen LogP contribution in [-0.4, -0.2) is 41.9 Å². The molecule has 1 saturated heterocycles. The molecule has 2 atom stereocenters. The van der Waals surface area contributed by atoms with Crippen LogP contribution in [0.25, 0.3) is 0 Å². The fourth-order valence-electron chi connectivity index (χ4n) is 2.64. The summed E-state index contributed by atoms with van der Waals surface area (Å²) in [6, 6.07) is 3.64. The lowest BCUT2D eigenvalue weighted by Crippen LogP contribution is -2.37. The van der Waals surface area contributed by atoms with Crippen molar-refractivity contribution in [2.24, 2.45) is 5.73 Å². The van der Waals surface area contributed by atoms with Crippen LogP contribution in [0.15, 0.2) is 24.5 Å². The third-order valence-electron chi connectivity index (χ3n) is 3.80. The van der Waals surface area contributed by atoms with Crippen molar-refractivity contribution in [2.75, 3.05) is 20.0 Å². The van der Waals surface area contributed by atoms with Gasteiger partial charge in [-0.3, -0.25) is 4.68 Å². The van der Waals surface area contributed by atoms with E-state index in [1.807, 2.05) is 18.3 Å². The molecule has 2 N–H and O–H groups in total. The van der Waals surface area contributed by atoms with Crippen molar-refractivity contribution in [1.29, 1.82) is 0 Å². The number of halogens is 1. The molecule has 2 aliphatic rings. The third-order valence-corrected chi connectivity index (χ3v) is 4.08. The van der Waals surface area contributed by atoms with Crippen LogP contribution < -0.4 is 19.9 Å². The quantitative estimate of drug-likeness (QED) is 0.908. The van der Waals surface area contributed by atoms with Gasteiger partial charge in [0.2, 0.25) is 6.79 Å². The molecule has 2 aromatic rings. The van der Waals surface area contributed by atoms with Crippen LogP contribution in [0.5, 0.6) is 17.2 Å². The first-order valence-corrected chi connectivity index (χ1v) is 7.67. The first kappa shape index (κ1) is 14.6. The molecule has 0 spiro atoms. The fourth-order valence-corrected chi connectivity index (χ4v) is 2.93. The maximum absolute atomic E-state index is 6.19. The van der Waals surface area contributed by atoms with E-state index in [0.29, 0.717) is 42.0 Å². The highest BCUT2D eigenvalue weighted by atomic mass is 35.5. The number of benzene rings is 1. The Hall–Kier alpha value is -1.96. The normalized spacial score (nSPS) is 22.5. The molecule has 2 aliphatic heterocycles. The Morgan fingerprint density at radius 1 is 1.35 bits per heavy atom. The van der Waals surface area contributed by atoms with Crippen LogP contribution in [0.1, 0.15) is 5.56 Å². The standard InChI is InChI=1S/C15H16ClN3O4/c16-11-1-9(2-13-15(11)22-8-21-13)4-19-5-10(3-18-19)23-14-7-20-6-12(14)17/h1-3,5,12,14H,4,6-8,17H2/t12-,14+/m0/s1. The number of hydrogen-bond acceptors (Lipinski definition) is 6. The molecule has 0 saturated carbocycles. The maximum Gasteiger partial charge on any atom is 0.231 e. The summed E-state index contributed by atoms with van der Waals surface area (Å²) in [5.74, 6) is 1.92. The van der Waals surface area contributed by atoms with Crippen molar-refractivity contribution in [1.82, 2.24) is 9.78 Å². The van der Waals surface area contributed by atoms with Crippen molar-refractivity contribution < 1.29 is 18.9 Å². The van der Waals surface area contributed by atoms with Gasteiger partial charge in [-0.15, -0.1) is 0 Å². The first-order valence-electron chi connectivity index (χ1n) is 7.29. The highest BCUT2D eigenvalue weighted by Gasteiger charge is 2.27. The molecule has 0 unspecified atom stereocenters. The summed E-state index contributed by atoms with van der Waals surface area (Å²) in [5.41, 5.74) is 6.88. The Morgan fingerprint density at radius 3 is 3.09 bits per heavy atom. The molecule has 4 rings (SSSR count). The lowest BCUT2D eigenvalue weighted by atomic mass is 10.2. The smallest absolute Gasteiger partial charge is 0.231 e. The topological polar surface area (TPSA) is 80.8 Å². The van der Waals surface area contributed by atoms with E-state index >= 15 is 0 Å². The Bertz CT molecular complexity index is 721. The van der Waals surface area contributed by atoms with Gasteiger partial charge in [-0.1, -0.05) is 11.6 Å². The number of ether oxygens (including phenoxy) is 4. The lowest BCUT2D eigenvalue weighted by molar-refractivity contribution is 0.140. The van der Waals surface area contributed by atoms with Crippen LogP contribution in [0.3, 0.4) is 0 Å². The van der Waals surface area contributed by atoms with E-state index in [0.717, 1.165) is 5.56 Å². The average Bonchev–Trinajstić information content (AvgIpc) is 3.23. The van der Waals surface area contributed by atoms with Gasteiger partial charge in [0.25, 0.3) is 0 Å². The molecule has 0 bridgehead atoms. The van der Waals surface area contributed by atoms with Crippen LogP contribution in [0, 0.1) is 0 Å². The molecule has 0 aliphatic carbocycles. The van der Waals surface area contributed by atoms with Crippen LogP contribution in [-0.2, 0) is 11.3 Å². The Morgan fingerprint density at radius 2 is 2.26 bits per heavy atom. The molecule has 1 aromatic carbocycles. The number of hydrogen-bond donors (Lipinski definition) is 1. The van der Waals surface area contributed by atoms with E-state index < -0.39 is 0 Å². The Labute approximate surface area is 137 Å². The van der Waals surface area contributed by atoms with Gasteiger partial charge in [0, 0.05) is 0 Å². The molecular weight excluding hydrogens is 322 g/mol. The van der Waals surface area contributed by atoms with Crippen molar-refractivity contribution in [3.05, 3.63) is 35.1 Å². The van der Waals surface area contributed by atoms with Gasteiger partial charge >= 0.3 is 0 Å². The molecule has 7 nitrogen and oxygen atoms in total. The largest absolute Gasteiger partial charge is 0.483 e. The highest BCUT2D eigenvalue weighted by Crippen LogP contribution is 2.39. The zero-order valence-corrected chi connectivity index (χ0v) is 13.0. The molecule has 0 radical (unpaired) electrons. The molecule has 8 heteroatoms. The zero-order chi connectivity index (χ0) is 15.8. The second kappa shape index (κ2) is 5.92. The Balaban J connectivity index is 1.46. The van der Waals surface area contributed by atoms with Gasteiger partial charge in [0.05, 0.1) is 43.2 Å². The minimum atomic E-state index is -0.132. The van der Waals surface area contributed by atoms with Gasteiger partial charge in [0.1, 0.15) is 6.10 Å². The predicted octanol–water partition coefficient (Wildman–Crippen LogP) is 1.42. The Kier molecular flexibility index (Phi) is 3.76. The van der Waals surface area contributed by atoms with Gasteiger partial charge in [0.15, 0.2) is 17.2 Å². The summed E-state index contributed by atoms with van der Waals surface area (Å²) < 4.78 is 23.5. The summed E-state index contributed by atoms with van der Waals surface area (Å²) in [5, 5.41) is 4.83. The predicted molar refractivity (Wildman–Crippen MR) is 82.1 cm³/mol. The number of nitrogens with zero attached hydrogens (tertiary/aromatic N) is 2. The molecule has 0 amide bonds. The summed E-state index contributed by atoms with van der Waals surface area (Å²) in [6.07, 6.45) is 3.36. The fraction of sp³-hybridized carbons (Fsp3) is 0.400. The van der Waals surface area contributed by atoms with Crippen molar-refractivity contribution in [3.63, 3.8) is 0 Å². The zero-order valence-electron chi connectivity index (χ0n) is 12.3. The monoisotopic (exact) mass is 337 g/mol. The van der Waals surface area contributed by atoms with Crippen LogP contribution in [0.4, 0.5) is 0 Å². The SMILES string of the molecule is N[C@H]1COC[C@H]1Oc1cnn(Cc2cc(Cl)c3c(c2)OCO3)c1. The van der Waals surface area contributed by atoms with Crippen LogP contribution in [0.2, 0.25) is 5.02 Å². The second-order valence-electron chi connectivity index (χ2n) is 5.54. The summed E-state index contributed by atoms with van der Waals surface area (Å²) in [7, 11) is 0. The van der Waals surface area contributed by atoms with E-state index in [1.165, 1.54) is 0 Å². The van der Waals surface area contributed by atoms with Gasteiger partial charge in [-0.2, -0.15) is 5.10 Å². The van der Waals surface area contributed by atoms with E-state index in [2.05, 4.69) is 5.10 Å². The number of fused-ring (bicyclic) bond motifs is 1. The number of aromatic nitrogens is 2.